The molecular formula is C31H42N2O6. The molecule has 8 heteroatoms. The zero-order valence-electron chi connectivity index (χ0n) is 24.1. The van der Waals surface area contributed by atoms with Gasteiger partial charge in [0.15, 0.2) is 11.5 Å². The van der Waals surface area contributed by atoms with Gasteiger partial charge >= 0.3 is 0 Å². The van der Waals surface area contributed by atoms with E-state index in [0.29, 0.717) is 48.9 Å². The van der Waals surface area contributed by atoms with Crippen molar-refractivity contribution in [2.45, 2.75) is 53.5 Å². The molecule has 0 radical (unpaired) electrons. The molecule has 0 unspecified atom stereocenters. The number of carbonyl (C=O) groups excluding carboxylic acids is 2. The number of Topliss-reactive ketones (excluding diaryl/α,β-unsaturated/α-hetero) is 1. The van der Waals surface area contributed by atoms with Crippen LogP contribution in [0, 0.1) is 6.92 Å². The van der Waals surface area contributed by atoms with Crippen LogP contribution >= 0.6 is 0 Å². The van der Waals surface area contributed by atoms with Crippen LogP contribution in [0.1, 0.15) is 63.3 Å². The minimum atomic E-state index is -0.772. The summed E-state index contributed by atoms with van der Waals surface area (Å²) >= 11 is 0. The highest BCUT2D eigenvalue weighted by Crippen LogP contribution is 2.42. The van der Waals surface area contributed by atoms with Crippen molar-refractivity contribution < 1.29 is 28.9 Å². The van der Waals surface area contributed by atoms with Gasteiger partial charge < -0.3 is 29.1 Å². The first-order valence-corrected chi connectivity index (χ1v) is 13.9. The molecule has 0 aliphatic carbocycles. The number of amides is 1. The van der Waals surface area contributed by atoms with Crippen molar-refractivity contribution in [3.63, 3.8) is 0 Å². The fraction of sp³-hybridized carbons (Fsp3) is 0.484. The lowest BCUT2D eigenvalue weighted by atomic mass is 9.94. The van der Waals surface area contributed by atoms with Crippen molar-refractivity contribution in [3.8, 4) is 17.2 Å². The Labute approximate surface area is 232 Å². The van der Waals surface area contributed by atoms with E-state index < -0.39 is 17.7 Å². The molecule has 2 aromatic rings. The molecule has 1 amide bonds. The summed E-state index contributed by atoms with van der Waals surface area (Å²) in [6.07, 6.45) is 1.98. The average Bonchev–Trinajstić information content (AvgIpc) is 3.19. The molecule has 1 heterocycles. The van der Waals surface area contributed by atoms with Gasteiger partial charge in [0, 0.05) is 18.7 Å². The minimum Gasteiger partial charge on any atom is -0.507 e. The lowest BCUT2D eigenvalue weighted by Gasteiger charge is -2.28. The molecule has 8 nitrogen and oxygen atoms in total. The van der Waals surface area contributed by atoms with Gasteiger partial charge in [0.1, 0.15) is 11.5 Å². The maximum atomic E-state index is 13.4. The van der Waals surface area contributed by atoms with Crippen molar-refractivity contribution in [3.05, 3.63) is 58.7 Å². The van der Waals surface area contributed by atoms with Gasteiger partial charge in [-0.05, 0) is 74.8 Å². The van der Waals surface area contributed by atoms with E-state index in [2.05, 4.69) is 25.7 Å². The Morgan fingerprint density at radius 1 is 0.974 bits per heavy atom. The number of aliphatic hydroxyl groups is 1. The summed E-state index contributed by atoms with van der Waals surface area (Å²) in [4.78, 5) is 30.5. The van der Waals surface area contributed by atoms with Crippen LogP contribution < -0.4 is 14.2 Å². The number of carbonyl (C=O) groups is 2. The van der Waals surface area contributed by atoms with E-state index in [1.165, 1.54) is 0 Å². The van der Waals surface area contributed by atoms with Crippen molar-refractivity contribution in [1.82, 2.24) is 9.80 Å². The molecule has 1 fully saturated rings. The number of hydrogen-bond donors (Lipinski definition) is 1. The Morgan fingerprint density at radius 3 is 2.31 bits per heavy atom. The molecule has 0 saturated carbocycles. The third-order valence-electron chi connectivity index (χ3n) is 7.10. The smallest absolute Gasteiger partial charge is 0.295 e. The van der Waals surface area contributed by atoms with E-state index in [1.807, 2.05) is 19.9 Å². The van der Waals surface area contributed by atoms with Crippen LogP contribution in [0.3, 0.4) is 0 Å². The van der Waals surface area contributed by atoms with Crippen LogP contribution in [-0.2, 0) is 9.59 Å². The van der Waals surface area contributed by atoms with Gasteiger partial charge in [-0.25, -0.2) is 0 Å². The molecule has 2 aromatic carbocycles. The molecule has 1 saturated heterocycles. The molecule has 1 aliphatic heterocycles. The van der Waals surface area contributed by atoms with Gasteiger partial charge in [0.05, 0.1) is 31.9 Å². The number of likely N-dealkylation sites (N-methyl/N-ethyl adjacent to an activating group) is 1. The summed E-state index contributed by atoms with van der Waals surface area (Å²) in [5.74, 6) is 0.252. The number of benzene rings is 2. The number of ketones is 1. The number of nitrogens with zero attached hydrogens (tertiary/aromatic N) is 2. The summed E-state index contributed by atoms with van der Waals surface area (Å²) < 4.78 is 17.1. The number of aliphatic hydroxyl groups excluding tert-OH is 1. The molecule has 0 spiro atoms. The Balaban J connectivity index is 2.10. The van der Waals surface area contributed by atoms with Crippen molar-refractivity contribution in [2.24, 2.45) is 0 Å². The molecule has 39 heavy (non-hydrogen) atoms. The van der Waals surface area contributed by atoms with E-state index >= 15 is 0 Å². The second kappa shape index (κ2) is 14.0. The first kappa shape index (κ1) is 30.0. The summed E-state index contributed by atoms with van der Waals surface area (Å²) in [7, 11) is 1.55. The number of methoxy groups -OCH3 is 1. The fourth-order valence-corrected chi connectivity index (χ4v) is 4.82. The molecule has 0 bridgehead atoms. The van der Waals surface area contributed by atoms with Crippen molar-refractivity contribution in [1.29, 1.82) is 0 Å². The van der Waals surface area contributed by atoms with Gasteiger partial charge in [-0.15, -0.1) is 0 Å². The van der Waals surface area contributed by atoms with Gasteiger partial charge in [-0.2, -0.15) is 0 Å². The maximum Gasteiger partial charge on any atom is 0.295 e. The van der Waals surface area contributed by atoms with Crippen LogP contribution in [0.2, 0.25) is 0 Å². The molecule has 3 rings (SSSR count). The number of hydrogen-bond acceptors (Lipinski definition) is 7. The van der Waals surface area contributed by atoms with Crippen LogP contribution in [0.25, 0.3) is 5.76 Å². The number of ether oxygens (including phenoxy) is 3. The Hall–Kier alpha value is -3.52. The second-order valence-corrected chi connectivity index (χ2v) is 9.54. The Morgan fingerprint density at radius 2 is 1.69 bits per heavy atom. The summed E-state index contributed by atoms with van der Waals surface area (Å²) in [6, 6.07) is 9.90. The van der Waals surface area contributed by atoms with Gasteiger partial charge in [-0.1, -0.05) is 33.3 Å². The highest BCUT2D eigenvalue weighted by Gasteiger charge is 2.46. The first-order valence-electron chi connectivity index (χ1n) is 13.9. The highest BCUT2D eigenvalue weighted by atomic mass is 16.5. The van der Waals surface area contributed by atoms with Crippen molar-refractivity contribution in [2.75, 3.05) is 46.5 Å². The van der Waals surface area contributed by atoms with Crippen LogP contribution in [0.15, 0.2) is 42.0 Å². The Bertz CT molecular complexity index is 1190. The van der Waals surface area contributed by atoms with Crippen LogP contribution in [0.4, 0.5) is 0 Å². The largest absolute Gasteiger partial charge is 0.507 e. The molecule has 1 atom stereocenters. The molecule has 1 N–H and O–H groups in total. The van der Waals surface area contributed by atoms with E-state index in [1.54, 1.807) is 42.3 Å². The third kappa shape index (κ3) is 6.74. The van der Waals surface area contributed by atoms with Crippen LogP contribution in [0.5, 0.6) is 17.2 Å². The zero-order chi connectivity index (χ0) is 28.5. The second-order valence-electron chi connectivity index (χ2n) is 9.54. The zero-order valence-corrected chi connectivity index (χ0v) is 24.1. The van der Waals surface area contributed by atoms with E-state index in [9.17, 15) is 14.7 Å². The standard InChI is InChI=1S/C31H42N2O6/c1-7-11-18-39-24-14-13-23(19-21(24)5)29(34)27-28(22-12-15-25(38-10-4)26(20-22)37-6)33(31(36)30(27)35)17-16-32(8-2)9-3/h12-15,19-20,28,34H,7-11,16-18H2,1-6H3/b29-27+/t28-/m1/s1. The van der Waals surface area contributed by atoms with Gasteiger partial charge in [0.25, 0.3) is 11.7 Å². The molecule has 1 aliphatic rings. The highest BCUT2D eigenvalue weighted by molar-refractivity contribution is 6.46. The molecular weight excluding hydrogens is 496 g/mol. The number of rotatable bonds is 14. The van der Waals surface area contributed by atoms with Crippen molar-refractivity contribution >= 4 is 17.4 Å². The average molecular weight is 539 g/mol. The number of aryl methyl sites for hydroxylation is 1. The normalized spacial score (nSPS) is 16.7. The minimum absolute atomic E-state index is 0.0600. The predicted octanol–water partition coefficient (Wildman–Crippen LogP) is 5.34. The Kier molecular flexibility index (Phi) is 10.8. The van der Waals surface area contributed by atoms with E-state index in [0.717, 1.165) is 37.2 Å². The number of likely N-dealkylation sites (tertiary alicyclic amines) is 1. The third-order valence-corrected chi connectivity index (χ3v) is 7.10. The van der Waals surface area contributed by atoms with Gasteiger partial charge in [-0.3, -0.25) is 9.59 Å². The quantitative estimate of drug-likeness (QED) is 0.150. The van der Waals surface area contributed by atoms with E-state index in [-0.39, 0.29) is 11.3 Å². The van der Waals surface area contributed by atoms with Crippen LogP contribution in [-0.4, -0.2) is 73.1 Å². The SMILES string of the molecule is CCCCOc1ccc(/C(O)=C2\C(=O)C(=O)N(CCN(CC)CC)[C@@H]2c2ccc(OCC)c(OC)c2)cc1C. The fourth-order valence-electron chi connectivity index (χ4n) is 4.82. The molecule has 0 aromatic heterocycles. The maximum absolute atomic E-state index is 13.4. The topological polar surface area (TPSA) is 88.5 Å². The lowest BCUT2D eigenvalue weighted by molar-refractivity contribution is -0.140. The predicted molar refractivity (Wildman–Crippen MR) is 153 cm³/mol. The monoisotopic (exact) mass is 538 g/mol. The summed E-state index contributed by atoms with van der Waals surface area (Å²) in [5, 5.41) is 11.5. The lowest BCUT2D eigenvalue weighted by Crippen LogP contribution is -2.38. The van der Waals surface area contributed by atoms with E-state index in [4.69, 9.17) is 14.2 Å². The molecule has 212 valence electrons. The first-order chi connectivity index (χ1) is 18.8. The van der Waals surface area contributed by atoms with Gasteiger partial charge in [0.2, 0.25) is 0 Å². The number of unbranched alkanes of at least 4 members (excludes halogenated alkanes) is 1. The summed E-state index contributed by atoms with van der Waals surface area (Å²) in [5.41, 5.74) is 2.02. The summed E-state index contributed by atoms with van der Waals surface area (Å²) in [6.45, 7) is 13.7.